The summed E-state index contributed by atoms with van der Waals surface area (Å²) in [6.07, 6.45) is 5.88. The summed E-state index contributed by atoms with van der Waals surface area (Å²) < 4.78 is 1.91. The predicted molar refractivity (Wildman–Crippen MR) is 76.4 cm³/mol. The van der Waals surface area contributed by atoms with Crippen LogP contribution in [0.1, 0.15) is 18.9 Å². The SMILES string of the molecule is Nc1ccc(Sc2nnnn2C2CC2)c2ccncc12. The van der Waals surface area contributed by atoms with Gasteiger partial charge in [-0.15, -0.1) is 5.10 Å². The summed E-state index contributed by atoms with van der Waals surface area (Å²) in [7, 11) is 0. The van der Waals surface area contributed by atoms with Gasteiger partial charge in [0.2, 0.25) is 5.16 Å². The quantitative estimate of drug-likeness (QED) is 0.743. The van der Waals surface area contributed by atoms with Crippen LogP contribution in [0.15, 0.2) is 40.6 Å². The molecular weight excluding hydrogens is 272 g/mol. The fraction of sp³-hybridized carbons (Fsp3) is 0.231. The van der Waals surface area contributed by atoms with Gasteiger partial charge < -0.3 is 5.73 Å². The average molecular weight is 284 g/mol. The number of nitrogen functional groups attached to an aromatic ring is 1. The van der Waals surface area contributed by atoms with Crippen molar-refractivity contribution in [1.82, 2.24) is 25.2 Å². The fourth-order valence-corrected chi connectivity index (χ4v) is 3.15. The third kappa shape index (κ3) is 1.90. The molecule has 0 unspecified atom stereocenters. The minimum absolute atomic E-state index is 0.467. The van der Waals surface area contributed by atoms with Gasteiger partial charge in [-0.2, -0.15) is 0 Å². The number of aromatic nitrogens is 5. The van der Waals surface area contributed by atoms with Crippen molar-refractivity contribution in [2.75, 3.05) is 5.73 Å². The zero-order valence-electron chi connectivity index (χ0n) is 10.6. The molecular formula is C13H12N6S. The van der Waals surface area contributed by atoms with E-state index >= 15 is 0 Å². The topological polar surface area (TPSA) is 82.5 Å². The molecule has 0 spiro atoms. The highest BCUT2D eigenvalue weighted by atomic mass is 32.2. The van der Waals surface area contributed by atoms with E-state index < -0.39 is 0 Å². The first-order valence-electron chi connectivity index (χ1n) is 6.41. The summed E-state index contributed by atoms with van der Waals surface area (Å²) >= 11 is 1.57. The van der Waals surface area contributed by atoms with Crippen molar-refractivity contribution >= 4 is 28.2 Å². The summed E-state index contributed by atoms with van der Waals surface area (Å²) in [6.45, 7) is 0. The highest BCUT2D eigenvalue weighted by molar-refractivity contribution is 7.99. The summed E-state index contributed by atoms with van der Waals surface area (Å²) in [6, 6.07) is 6.35. The lowest BCUT2D eigenvalue weighted by Crippen LogP contribution is -1.98. The molecule has 0 saturated heterocycles. The molecule has 0 aliphatic heterocycles. The molecule has 7 heteroatoms. The Morgan fingerprint density at radius 3 is 2.95 bits per heavy atom. The molecule has 6 nitrogen and oxygen atoms in total. The van der Waals surface area contributed by atoms with Crippen molar-refractivity contribution in [3.05, 3.63) is 30.6 Å². The van der Waals surface area contributed by atoms with Crippen LogP contribution in [0.3, 0.4) is 0 Å². The Morgan fingerprint density at radius 1 is 1.20 bits per heavy atom. The number of hydrogen-bond donors (Lipinski definition) is 1. The maximum absolute atomic E-state index is 5.99. The molecule has 3 aromatic rings. The fourth-order valence-electron chi connectivity index (χ4n) is 2.17. The number of rotatable bonds is 3. The maximum Gasteiger partial charge on any atom is 0.214 e. The number of tetrazole rings is 1. The molecule has 1 saturated carbocycles. The molecule has 0 bridgehead atoms. The normalized spacial score (nSPS) is 14.8. The van der Waals surface area contributed by atoms with Gasteiger partial charge in [-0.25, -0.2) is 4.68 Å². The maximum atomic E-state index is 5.99. The third-order valence-electron chi connectivity index (χ3n) is 3.37. The van der Waals surface area contributed by atoms with Gasteiger partial charge >= 0.3 is 0 Å². The largest absolute Gasteiger partial charge is 0.398 e. The van der Waals surface area contributed by atoms with E-state index in [9.17, 15) is 0 Å². The average Bonchev–Trinajstić information content (AvgIpc) is 3.22. The second-order valence-electron chi connectivity index (χ2n) is 4.81. The van der Waals surface area contributed by atoms with Crippen molar-refractivity contribution < 1.29 is 0 Å². The van der Waals surface area contributed by atoms with E-state index in [1.807, 2.05) is 22.9 Å². The Kier molecular flexibility index (Phi) is 2.59. The highest BCUT2D eigenvalue weighted by Gasteiger charge is 2.28. The molecule has 0 radical (unpaired) electrons. The molecule has 1 aromatic carbocycles. The van der Waals surface area contributed by atoms with Crippen LogP contribution in [0.4, 0.5) is 5.69 Å². The van der Waals surface area contributed by atoms with E-state index in [2.05, 4.69) is 20.5 Å². The van der Waals surface area contributed by atoms with Gasteiger partial charge in [0.15, 0.2) is 0 Å². The van der Waals surface area contributed by atoms with Crippen LogP contribution in [0.2, 0.25) is 0 Å². The van der Waals surface area contributed by atoms with E-state index in [0.717, 1.165) is 39.4 Å². The summed E-state index contributed by atoms with van der Waals surface area (Å²) in [5.74, 6) is 0. The number of fused-ring (bicyclic) bond motifs is 1. The van der Waals surface area contributed by atoms with Gasteiger partial charge in [0, 0.05) is 33.7 Å². The number of hydrogen-bond acceptors (Lipinski definition) is 6. The lowest BCUT2D eigenvalue weighted by Gasteiger charge is -2.07. The second kappa shape index (κ2) is 4.45. The minimum atomic E-state index is 0.467. The van der Waals surface area contributed by atoms with E-state index in [1.165, 1.54) is 0 Å². The van der Waals surface area contributed by atoms with Gasteiger partial charge in [0.1, 0.15) is 0 Å². The van der Waals surface area contributed by atoms with E-state index in [0.29, 0.717) is 6.04 Å². The molecule has 0 amide bonds. The first kappa shape index (κ1) is 11.7. The predicted octanol–water partition coefficient (Wildman–Crippen LogP) is 2.29. The number of nitrogens with two attached hydrogens (primary N) is 1. The monoisotopic (exact) mass is 284 g/mol. The van der Waals surface area contributed by atoms with Crippen LogP contribution in [-0.4, -0.2) is 25.2 Å². The number of nitrogens with zero attached hydrogens (tertiary/aromatic N) is 5. The van der Waals surface area contributed by atoms with Gasteiger partial charge in [0.25, 0.3) is 0 Å². The Hall–Kier alpha value is -2.15. The Balaban J connectivity index is 1.79. The van der Waals surface area contributed by atoms with Crippen molar-refractivity contribution in [2.45, 2.75) is 28.9 Å². The van der Waals surface area contributed by atoms with Crippen molar-refractivity contribution in [3.8, 4) is 0 Å². The Bertz CT molecular complexity index is 779. The van der Waals surface area contributed by atoms with Crippen molar-refractivity contribution in [1.29, 1.82) is 0 Å². The van der Waals surface area contributed by atoms with E-state index in [1.54, 1.807) is 24.2 Å². The summed E-state index contributed by atoms with van der Waals surface area (Å²) in [4.78, 5) is 5.22. The first-order valence-corrected chi connectivity index (χ1v) is 7.22. The van der Waals surface area contributed by atoms with Crippen LogP contribution in [0.5, 0.6) is 0 Å². The molecule has 1 aliphatic rings. The summed E-state index contributed by atoms with van der Waals surface area (Å²) in [5.41, 5.74) is 6.73. The highest BCUT2D eigenvalue weighted by Crippen LogP contribution is 2.39. The van der Waals surface area contributed by atoms with Crippen molar-refractivity contribution in [2.24, 2.45) is 0 Å². The molecule has 2 N–H and O–H groups in total. The van der Waals surface area contributed by atoms with Gasteiger partial charge in [-0.3, -0.25) is 4.98 Å². The number of pyridine rings is 1. The van der Waals surface area contributed by atoms with Crippen LogP contribution < -0.4 is 5.73 Å². The lowest BCUT2D eigenvalue weighted by atomic mass is 10.1. The molecule has 2 aromatic heterocycles. The molecule has 1 fully saturated rings. The van der Waals surface area contributed by atoms with Crippen LogP contribution >= 0.6 is 11.8 Å². The number of anilines is 1. The summed E-state index contributed by atoms with van der Waals surface area (Å²) in [5, 5.41) is 14.8. The van der Waals surface area contributed by atoms with Crippen LogP contribution in [-0.2, 0) is 0 Å². The molecule has 2 heterocycles. The van der Waals surface area contributed by atoms with Gasteiger partial charge in [0.05, 0.1) is 6.04 Å². The zero-order chi connectivity index (χ0) is 13.5. The zero-order valence-corrected chi connectivity index (χ0v) is 11.4. The van der Waals surface area contributed by atoms with E-state index in [4.69, 9.17) is 5.73 Å². The second-order valence-corrected chi connectivity index (χ2v) is 5.82. The molecule has 20 heavy (non-hydrogen) atoms. The smallest absolute Gasteiger partial charge is 0.214 e. The lowest BCUT2D eigenvalue weighted by molar-refractivity contribution is 0.565. The first-order chi connectivity index (χ1) is 9.83. The standard InChI is InChI=1S/C13H12N6S/c14-11-3-4-12(9-5-6-15-7-10(9)11)20-13-16-17-18-19(13)8-1-2-8/h3-8H,1-2,14H2. The minimum Gasteiger partial charge on any atom is -0.398 e. The van der Waals surface area contributed by atoms with Gasteiger partial charge in [-0.05, 0) is 53.2 Å². The molecule has 100 valence electrons. The van der Waals surface area contributed by atoms with Gasteiger partial charge in [-0.1, -0.05) is 0 Å². The molecule has 4 rings (SSSR count). The molecule has 0 atom stereocenters. The van der Waals surface area contributed by atoms with Crippen LogP contribution in [0.25, 0.3) is 10.8 Å². The van der Waals surface area contributed by atoms with E-state index in [-0.39, 0.29) is 0 Å². The Morgan fingerprint density at radius 2 is 2.10 bits per heavy atom. The molecule has 1 aliphatic carbocycles. The third-order valence-corrected chi connectivity index (χ3v) is 4.40. The number of benzene rings is 1. The Labute approximate surface area is 119 Å². The van der Waals surface area contributed by atoms with Crippen LogP contribution in [0, 0.1) is 0 Å². The van der Waals surface area contributed by atoms with Crippen molar-refractivity contribution in [3.63, 3.8) is 0 Å².